The summed E-state index contributed by atoms with van der Waals surface area (Å²) in [5, 5.41) is 2.76. The van der Waals surface area contributed by atoms with Crippen molar-refractivity contribution in [2.45, 2.75) is 19.3 Å². The van der Waals surface area contributed by atoms with Gasteiger partial charge in [-0.2, -0.15) is 0 Å². The molecule has 0 aliphatic heterocycles. The number of methoxy groups -OCH3 is 1. The van der Waals surface area contributed by atoms with Gasteiger partial charge in [0.25, 0.3) is 0 Å². The number of amides is 2. The number of aromatic nitrogens is 2. The molecule has 24 heavy (non-hydrogen) atoms. The predicted molar refractivity (Wildman–Crippen MR) is 91.6 cm³/mol. The minimum Gasteiger partial charge on any atom is -0.385 e. The first kappa shape index (κ1) is 17.9. The van der Waals surface area contributed by atoms with Crippen molar-refractivity contribution in [3.63, 3.8) is 0 Å². The highest BCUT2D eigenvalue weighted by Crippen LogP contribution is 2.11. The van der Waals surface area contributed by atoms with E-state index in [0.717, 1.165) is 23.3 Å². The molecule has 2 aromatic rings. The molecule has 7 nitrogen and oxygen atoms in total. The quantitative estimate of drug-likeness (QED) is 0.673. The van der Waals surface area contributed by atoms with E-state index in [-0.39, 0.29) is 18.4 Å². The Balaban J connectivity index is 1.74. The van der Waals surface area contributed by atoms with Crippen molar-refractivity contribution in [3.05, 3.63) is 30.1 Å². The number of imidazole rings is 1. The fourth-order valence-corrected chi connectivity index (χ4v) is 2.34. The number of nitrogens with one attached hydrogen (secondary N) is 2. The number of carbonyl (C=O) groups is 2. The lowest BCUT2D eigenvalue weighted by atomic mass is 10.2. The third-order valence-electron chi connectivity index (χ3n) is 3.67. The molecule has 2 rings (SSSR count). The summed E-state index contributed by atoms with van der Waals surface area (Å²) >= 11 is 0. The number of aromatic amines is 1. The molecule has 0 bridgehead atoms. The Hall–Kier alpha value is -2.41. The molecular formula is C17H24N4O3. The predicted octanol–water partition coefficient (Wildman–Crippen LogP) is 1.11. The van der Waals surface area contributed by atoms with Gasteiger partial charge in [0.15, 0.2) is 0 Å². The standard InChI is InChI=1S/C17H24N4O3/c1-21(12-16(22)18-10-5-11-24-2)17(23)9-8-15-19-13-6-3-4-7-14(13)20-15/h3-4,6-7H,5,8-12H2,1-2H3,(H,18,22)(H,19,20). The van der Waals surface area contributed by atoms with Crippen LogP contribution < -0.4 is 5.32 Å². The summed E-state index contributed by atoms with van der Waals surface area (Å²) in [6, 6.07) is 7.75. The average Bonchev–Trinajstić information content (AvgIpc) is 2.99. The second kappa shape index (κ2) is 9.02. The van der Waals surface area contributed by atoms with Crippen molar-refractivity contribution < 1.29 is 14.3 Å². The largest absolute Gasteiger partial charge is 0.385 e. The lowest BCUT2D eigenvalue weighted by Crippen LogP contribution is -2.38. The number of fused-ring (bicyclic) bond motifs is 1. The molecule has 130 valence electrons. The Bertz CT molecular complexity index is 650. The van der Waals surface area contributed by atoms with Gasteiger partial charge >= 0.3 is 0 Å². The van der Waals surface area contributed by atoms with Gasteiger partial charge < -0.3 is 19.9 Å². The summed E-state index contributed by atoms with van der Waals surface area (Å²) in [5.74, 6) is 0.537. The van der Waals surface area contributed by atoms with Crippen LogP contribution in [-0.2, 0) is 20.7 Å². The molecule has 0 atom stereocenters. The van der Waals surface area contributed by atoms with Crippen LogP contribution in [-0.4, -0.2) is 60.5 Å². The number of hydrogen-bond donors (Lipinski definition) is 2. The number of para-hydroxylation sites is 2. The highest BCUT2D eigenvalue weighted by molar-refractivity contribution is 5.84. The van der Waals surface area contributed by atoms with Gasteiger partial charge in [-0.15, -0.1) is 0 Å². The molecule has 7 heteroatoms. The van der Waals surface area contributed by atoms with Crippen molar-refractivity contribution >= 4 is 22.8 Å². The molecule has 0 unspecified atom stereocenters. The maximum Gasteiger partial charge on any atom is 0.239 e. The van der Waals surface area contributed by atoms with Crippen LogP contribution in [0.25, 0.3) is 11.0 Å². The number of carbonyl (C=O) groups excluding carboxylic acids is 2. The number of benzene rings is 1. The molecule has 0 spiro atoms. The Morgan fingerprint density at radius 2 is 2.12 bits per heavy atom. The number of likely N-dealkylation sites (N-methyl/N-ethyl adjacent to an activating group) is 1. The van der Waals surface area contributed by atoms with Gasteiger partial charge in [0, 0.05) is 40.2 Å². The second-order valence-corrected chi connectivity index (χ2v) is 5.65. The van der Waals surface area contributed by atoms with Crippen molar-refractivity contribution in [3.8, 4) is 0 Å². The van der Waals surface area contributed by atoms with E-state index in [2.05, 4.69) is 15.3 Å². The smallest absolute Gasteiger partial charge is 0.239 e. The van der Waals surface area contributed by atoms with Crippen LogP contribution in [0.3, 0.4) is 0 Å². The molecular weight excluding hydrogens is 308 g/mol. The van der Waals surface area contributed by atoms with E-state index in [1.807, 2.05) is 24.3 Å². The van der Waals surface area contributed by atoms with Crippen LogP contribution >= 0.6 is 0 Å². The molecule has 2 amide bonds. The maximum atomic E-state index is 12.1. The number of hydrogen-bond acceptors (Lipinski definition) is 4. The zero-order valence-corrected chi connectivity index (χ0v) is 14.2. The lowest BCUT2D eigenvalue weighted by Gasteiger charge is -2.16. The summed E-state index contributed by atoms with van der Waals surface area (Å²) in [7, 11) is 3.26. The maximum absolute atomic E-state index is 12.1. The van der Waals surface area contributed by atoms with Gasteiger partial charge in [-0.1, -0.05) is 12.1 Å². The van der Waals surface area contributed by atoms with E-state index < -0.39 is 0 Å². The topological polar surface area (TPSA) is 87.3 Å². The average molecular weight is 332 g/mol. The summed E-state index contributed by atoms with van der Waals surface area (Å²) in [6.45, 7) is 1.21. The molecule has 0 saturated heterocycles. The summed E-state index contributed by atoms with van der Waals surface area (Å²) < 4.78 is 4.91. The molecule has 0 aliphatic rings. The molecule has 0 fully saturated rings. The fourth-order valence-electron chi connectivity index (χ4n) is 2.34. The van der Waals surface area contributed by atoms with Crippen LogP contribution in [0, 0.1) is 0 Å². The van der Waals surface area contributed by atoms with Crippen LogP contribution in [0.4, 0.5) is 0 Å². The Morgan fingerprint density at radius 1 is 1.33 bits per heavy atom. The van der Waals surface area contributed by atoms with Crippen LogP contribution in [0.2, 0.25) is 0 Å². The van der Waals surface area contributed by atoms with E-state index in [1.165, 1.54) is 4.90 Å². The molecule has 0 aliphatic carbocycles. The first-order valence-corrected chi connectivity index (χ1v) is 8.03. The molecule has 0 saturated carbocycles. The molecule has 2 N–H and O–H groups in total. The van der Waals surface area contributed by atoms with E-state index >= 15 is 0 Å². The van der Waals surface area contributed by atoms with Crippen LogP contribution in [0.15, 0.2) is 24.3 Å². The monoisotopic (exact) mass is 332 g/mol. The lowest BCUT2D eigenvalue weighted by molar-refractivity contribution is -0.134. The third-order valence-corrected chi connectivity index (χ3v) is 3.67. The highest BCUT2D eigenvalue weighted by Gasteiger charge is 2.13. The van der Waals surface area contributed by atoms with Gasteiger partial charge in [0.2, 0.25) is 11.8 Å². The van der Waals surface area contributed by atoms with Gasteiger partial charge in [-0.05, 0) is 18.6 Å². The number of aryl methyl sites for hydroxylation is 1. The molecule has 1 aromatic heterocycles. The number of H-pyrrole nitrogens is 1. The minimum atomic E-state index is -0.161. The molecule has 1 aromatic carbocycles. The normalized spacial score (nSPS) is 10.8. The van der Waals surface area contributed by atoms with Gasteiger partial charge in [-0.3, -0.25) is 9.59 Å². The van der Waals surface area contributed by atoms with Crippen LogP contribution in [0.5, 0.6) is 0 Å². The van der Waals surface area contributed by atoms with Crippen LogP contribution in [0.1, 0.15) is 18.7 Å². The summed E-state index contributed by atoms with van der Waals surface area (Å²) in [4.78, 5) is 33.0. The van der Waals surface area contributed by atoms with Gasteiger partial charge in [0.1, 0.15) is 5.82 Å². The van der Waals surface area contributed by atoms with E-state index in [1.54, 1.807) is 14.2 Å². The number of nitrogens with zero attached hydrogens (tertiary/aromatic N) is 2. The molecule has 1 heterocycles. The van der Waals surface area contributed by atoms with Gasteiger partial charge in [-0.25, -0.2) is 4.98 Å². The number of rotatable bonds is 9. The van der Waals surface area contributed by atoms with E-state index in [4.69, 9.17) is 4.74 Å². The Morgan fingerprint density at radius 3 is 2.88 bits per heavy atom. The zero-order chi connectivity index (χ0) is 17.4. The van der Waals surface area contributed by atoms with E-state index in [9.17, 15) is 9.59 Å². The first-order valence-electron chi connectivity index (χ1n) is 8.03. The fraction of sp³-hybridized carbons (Fsp3) is 0.471. The SMILES string of the molecule is COCCCNC(=O)CN(C)C(=O)CCc1nc2ccccc2[nH]1. The summed E-state index contributed by atoms with van der Waals surface area (Å²) in [5.41, 5.74) is 1.85. The van der Waals surface area contributed by atoms with Gasteiger partial charge in [0.05, 0.1) is 17.6 Å². The second-order valence-electron chi connectivity index (χ2n) is 5.65. The third kappa shape index (κ3) is 5.34. The molecule has 0 radical (unpaired) electrons. The van der Waals surface area contributed by atoms with Crippen molar-refractivity contribution in [1.82, 2.24) is 20.2 Å². The van der Waals surface area contributed by atoms with E-state index in [0.29, 0.717) is 26.0 Å². The first-order chi connectivity index (χ1) is 11.6. The Kier molecular flexibility index (Phi) is 6.74. The minimum absolute atomic E-state index is 0.0615. The van der Waals surface area contributed by atoms with Crippen molar-refractivity contribution in [1.29, 1.82) is 0 Å². The van der Waals surface area contributed by atoms with Crippen molar-refractivity contribution in [2.24, 2.45) is 0 Å². The van der Waals surface area contributed by atoms with Crippen molar-refractivity contribution in [2.75, 3.05) is 33.9 Å². The highest BCUT2D eigenvalue weighted by atomic mass is 16.5. The Labute approximate surface area is 141 Å². The number of ether oxygens (including phenoxy) is 1. The zero-order valence-electron chi connectivity index (χ0n) is 14.2. The summed E-state index contributed by atoms with van der Waals surface area (Å²) in [6.07, 6.45) is 1.59.